The van der Waals surface area contributed by atoms with Crippen molar-refractivity contribution in [3.63, 3.8) is 0 Å². The zero-order chi connectivity index (χ0) is 10.6. The Morgan fingerprint density at radius 2 is 2.36 bits per heavy atom. The molecule has 82 valence electrons. The predicted octanol–water partition coefficient (Wildman–Crippen LogP) is 2.45. The van der Waals surface area contributed by atoms with E-state index in [-0.39, 0.29) is 0 Å². The Kier molecular flexibility index (Phi) is 3.93. The molecule has 0 aromatic carbocycles. The molecule has 0 saturated heterocycles. The van der Waals surface area contributed by atoms with Crippen molar-refractivity contribution in [2.75, 3.05) is 6.61 Å². The summed E-state index contributed by atoms with van der Waals surface area (Å²) in [6.07, 6.45) is 4.32. The molecule has 0 spiro atoms. The highest BCUT2D eigenvalue weighted by atomic mass is 16.5. The van der Waals surface area contributed by atoms with E-state index in [2.05, 4.69) is 6.92 Å². The van der Waals surface area contributed by atoms with Crippen molar-refractivity contribution in [3.8, 4) is 0 Å². The SMILES string of the molecule is CCCOC1(C(=O)O)CCCC(C)C1. The van der Waals surface area contributed by atoms with Crippen molar-refractivity contribution in [2.45, 2.75) is 51.6 Å². The van der Waals surface area contributed by atoms with Gasteiger partial charge in [-0.15, -0.1) is 0 Å². The highest BCUT2D eigenvalue weighted by molar-refractivity contribution is 5.77. The van der Waals surface area contributed by atoms with Gasteiger partial charge in [-0.05, 0) is 31.6 Å². The molecule has 1 aliphatic rings. The van der Waals surface area contributed by atoms with Gasteiger partial charge in [-0.3, -0.25) is 0 Å². The fourth-order valence-electron chi connectivity index (χ4n) is 2.19. The summed E-state index contributed by atoms with van der Waals surface area (Å²) in [6, 6.07) is 0. The predicted molar refractivity (Wildman–Crippen MR) is 54.2 cm³/mol. The molecule has 0 heterocycles. The van der Waals surface area contributed by atoms with Crippen molar-refractivity contribution in [2.24, 2.45) is 5.92 Å². The van der Waals surface area contributed by atoms with Crippen LogP contribution in [0, 0.1) is 5.92 Å². The Bertz CT molecular complexity index is 203. The second-order valence-electron chi connectivity index (χ2n) is 4.35. The molecule has 0 aliphatic heterocycles. The van der Waals surface area contributed by atoms with Gasteiger partial charge in [-0.1, -0.05) is 20.3 Å². The van der Waals surface area contributed by atoms with Crippen LogP contribution in [0.3, 0.4) is 0 Å². The lowest BCUT2D eigenvalue weighted by molar-refractivity contribution is -0.173. The summed E-state index contributed by atoms with van der Waals surface area (Å²) < 4.78 is 5.55. The van der Waals surface area contributed by atoms with Crippen LogP contribution in [0.1, 0.15) is 46.0 Å². The van der Waals surface area contributed by atoms with Crippen LogP contribution in [0.25, 0.3) is 0 Å². The molecule has 1 aliphatic carbocycles. The molecule has 0 bridgehead atoms. The molecule has 0 amide bonds. The summed E-state index contributed by atoms with van der Waals surface area (Å²) in [7, 11) is 0. The van der Waals surface area contributed by atoms with Crippen LogP contribution in [0.5, 0.6) is 0 Å². The van der Waals surface area contributed by atoms with Crippen molar-refractivity contribution < 1.29 is 14.6 Å². The van der Waals surface area contributed by atoms with E-state index < -0.39 is 11.6 Å². The van der Waals surface area contributed by atoms with Gasteiger partial charge in [0.1, 0.15) is 0 Å². The Morgan fingerprint density at radius 3 is 2.86 bits per heavy atom. The number of carbonyl (C=O) groups is 1. The third-order valence-corrected chi connectivity index (χ3v) is 2.93. The zero-order valence-corrected chi connectivity index (χ0v) is 9.08. The van der Waals surface area contributed by atoms with Gasteiger partial charge >= 0.3 is 5.97 Å². The van der Waals surface area contributed by atoms with Crippen molar-refractivity contribution in [1.82, 2.24) is 0 Å². The van der Waals surface area contributed by atoms with Gasteiger partial charge in [-0.25, -0.2) is 4.79 Å². The fourth-order valence-corrected chi connectivity index (χ4v) is 2.19. The molecule has 0 aromatic rings. The quantitative estimate of drug-likeness (QED) is 0.758. The standard InChI is InChI=1S/C11H20O3/c1-3-7-14-11(10(12)13)6-4-5-9(2)8-11/h9H,3-8H2,1-2H3,(H,12,13). The number of rotatable bonds is 4. The van der Waals surface area contributed by atoms with Crippen molar-refractivity contribution in [3.05, 3.63) is 0 Å². The summed E-state index contributed by atoms with van der Waals surface area (Å²) in [6.45, 7) is 4.66. The Balaban J connectivity index is 2.65. The molecule has 2 atom stereocenters. The average Bonchev–Trinajstić information content (AvgIpc) is 2.14. The van der Waals surface area contributed by atoms with E-state index in [4.69, 9.17) is 4.74 Å². The first-order chi connectivity index (χ1) is 6.60. The van der Waals surface area contributed by atoms with Crippen LogP contribution in [-0.2, 0) is 9.53 Å². The van der Waals surface area contributed by atoms with Crippen LogP contribution in [0.2, 0.25) is 0 Å². The minimum Gasteiger partial charge on any atom is -0.479 e. The van der Waals surface area contributed by atoms with E-state index in [0.717, 1.165) is 19.3 Å². The first-order valence-corrected chi connectivity index (χ1v) is 5.48. The van der Waals surface area contributed by atoms with Crippen LogP contribution < -0.4 is 0 Å². The third-order valence-electron chi connectivity index (χ3n) is 2.93. The molecule has 14 heavy (non-hydrogen) atoms. The molecule has 0 radical (unpaired) electrons. The first-order valence-electron chi connectivity index (χ1n) is 5.48. The number of ether oxygens (including phenoxy) is 1. The lowest BCUT2D eigenvalue weighted by atomic mass is 9.79. The third kappa shape index (κ3) is 2.47. The number of aliphatic carboxylic acids is 1. The van der Waals surface area contributed by atoms with E-state index in [1.165, 1.54) is 0 Å². The van der Waals surface area contributed by atoms with Gasteiger partial charge in [0.2, 0.25) is 0 Å². The monoisotopic (exact) mass is 200 g/mol. The van der Waals surface area contributed by atoms with Gasteiger partial charge < -0.3 is 9.84 Å². The maximum atomic E-state index is 11.2. The maximum Gasteiger partial charge on any atom is 0.335 e. The molecule has 1 N–H and O–H groups in total. The minimum absolute atomic E-state index is 0.469. The highest BCUT2D eigenvalue weighted by Crippen LogP contribution is 2.35. The van der Waals surface area contributed by atoms with Gasteiger partial charge in [-0.2, -0.15) is 0 Å². The topological polar surface area (TPSA) is 46.5 Å². The van der Waals surface area contributed by atoms with E-state index in [1.54, 1.807) is 0 Å². The normalized spacial score (nSPS) is 32.9. The Labute approximate surface area is 85.5 Å². The second kappa shape index (κ2) is 4.78. The van der Waals surface area contributed by atoms with Crippen molar-refractivity contribution in [1.29, 1.82) is 0 Å². The summed E-state index contributed by atoms with van der Waals surface area (Å²) in [5, 5.41) is 9.21. The lowest BCUT2D eigenvalue weighted by Crippen LogP contribution is -2.45. The van der Waals surface area contributed by atoms with Gasteiger partial charge in [0.05, 0.1) is 0 Å². The molecule has 0 aromatic heterocycles. The number of carboxylic acid groups (broad SMARTS) is 1. The molecule has 3 heteroatoms. The van der Waals surface area contributed by atoms with E-state index in [0.29, 0.717) is 25.4 Å². The molecule has 1 saturated carbocycles. The van der Waals surface area contributed by atoms with Crippen LogP contribution in [-0.4, -0.2) is 23.3 Å². The second-order valence-corrected chi connectivity index (χ2v) is 4.35. The number of carboxylic acids is 1. The van der Waals surface area contributed by atoms with Gasteiger partial charge in [0.25, 0.3) is 0 Å². The van der Waals surface area contributed by atoms with E-state index in [1.807, 2.05) is 6.92 Å². The number of hydrogen-bond acceptors (Lipinski definition) is 2. The number of hydrogen-bond donors (Lipinski definition) is 1. The summed E-state index contributed by atoms with van der Waals surface area (Å²) in [5.41, 5.74) is -0.881. The molecule has 3 nitrogen and oxygen atoms in total. The largest absolute Gasteiger partial charge is 0.479 e. The summed E-state index contributed by atoms with van der Waals surface area (Å²) in [5.74, 6) is -0.311. The Hall–Kier alpha value is -0.570. The minimum atomic E-state index is -0.881. The molecule has 2 unspecified atom stereocenters. The highest BCUT2D eigenvalue weighted by Gasteiger charge is 2.42. The van der Waals surface area contributed by atoms with E-state index >= 15 is 0 Å². The van der Waals surface area contributed by atoms with Crippen LogP contribution >= 0.6 is 0 Å². The van der Waals surface area contributed by atoms with E-state index in [9.17, 15) is 9.90 Å². The van der Waals surface area contributed by atoms with Crippen LogP contribution in [0.4, 0.5) is 0 Å². The molecular weight excluding hydrogens is 180 g/mol. The average molecular weight is 200 g/mol. The lowest BCUT2D eigenvalue weighted by Gasteiger charge is -2.36. The summed E-state index contributed by atoms with van der Waals surface area (Å²) >= 11 is 0. The molecular formula is C11H20O3. The zero-order valence-electron chi connectivity index (χ0n) is 9.08. The Morgan fingerprint density at radius 1 is 1.64 bits per heavy atom. The van der Waals surface area contributed by atoms with Crippen LogP contribution in [0.15, 0.2) is 0 Å². The van der Waals surface area contributed by atoms with Gasteiger partial charge in [0.15, 0.2) is 5.60 Å². The molecule has 1 rings (SSSR count). The molecule has 1 fully saturated rings. The summed E-state index contributed by atoms with van der Waals surface area (Å²) in [4.78, 5) is 11.2. The van der Waals surface area contributed by atoms with Gasteiger partial charge in [0, 0.05) is 6.61 Å². The first kappa shape index (κ1) is 11.5. The smallest absolute Gasteiger partial charge is 0.335 e. The maximum absolute atomic E-state index is 11.2. The van der Waals surface area contributed by atoms with Crippen molar-refractivity contribution >= 4 is 5.97 Å². The fraction of sp³-hybridized carbons (Fsp3) is 0.909.